The van der Waals surface area contributed by atoms with Crippen LogP contribution in [0.5, 0.6) is 11.5 Å². The van der Waals surface area contributed by atoms with Crippen LogP contribution >= 0.6 is 0 Å². The predicted octanol–water partition coefficient (Wildman–Crippen LogP) is 6.13. The van der Waals surface area contributed by atoms with E-state index in [0.717, 1.165) is 45.4 Å². The molecule has 1 N–H and O–H groups in total. The van der Waals surface area contributed by atoms with Gasteiger partial charge in [0, 0.05) is 47.8 Å². The zero-order valence-electron chi connectivity index (χ0n) is 20.7. The van der Waals surface area contributed by atoms with Gasteiger partial charge in [-0.15, -0.1) is 0 Å². The molecule has 2 atom stereocenters. The quantitative estimate of drug-likeness (QED) is 0.274. The molecular weight excluding hydrogens is 464 g/mol. The molecule has 0 spiro atoms. The Balaban J connectivity index is 1.54. The molecule has 37 heavy (non-hydrogen) atoms. The lowest BCUT2D eigenvalue weighted by Crippen LogP contribution is -2.30. The maximum atomic E-state index is 13.9. The second-order valence-corrected chi connectivity index (χ2v) is 9.49. The highest BCUT2D eigenvalue weighted by molar-refractivity contribution is 6.04. The monoisotopic (exact) mass is 490 g/mol. The van der Waals surface area contributed by atoms with Gasteiger partial charge in [-0.1, -0.05) is 42.5 Å². The highest BCUT2D eigenvalue weighted by atomic mass is 16.6. The van der Waals surface area contributed by atoms with Gasteiger partial charge in [-0.2, -0.15) is 0 Å². The molecule has 6 heteroatoms. The normalized spacial score (nSPS) is 18.6. The first-order valence-electron chi connectivity index (χ1n) is 12.4. The number of aromatic nitrogens is 1. The van der Waals surface area contributed by atoms with Crippen molar-refractivity contribution in [2.75, 3.05) is 12.4 Å². The number of rotatable bonds is 4. The summed E-state index contributed by atoms with van der Waals surface area (Å²) in [6.45, 7) is 1.36. The SMILES string of the molecule is COc1cc([C@H]2C3=C(C[C@H](c4ccccc4)CC3=O)Nc3ccc4ncccc4c32)ccc1OC(C)=O. The molecular formula is C31H26N2O4. The number of benzene rings is 3. The predicted molar refractivity (Wildman–Crippen MR) is 142 cm³/mol. The third-order valence-electron chi connectivity index (χ3n) is 7.24. The summed E-state index contributed by atoms with van der Waals surface area (Å²) < 4.78 is 10.9. The smallest absolute Gasteiger partial charge is 0.308 e. The second kappa shape index (κ2) is 9.21. The van der Waals surface area contributed by atoms with Crippen molar-refractivity contribution in [3.8, 4) is 11.5 Å². The Morgan fingerprint density at radius 3 is 2.57 bits per heavy atom. The van der Waals surface area contributed by atoms with E-state index < -0.39 is 5.97 Å². The van der Waals surface area contributed by atoms with Crippen molar-refractivity contribution in [3.63, 3.8) is 0 Å². The van der Waals surface area contributed by atoms with Crippen LogP contribution in [0.4, 0.5) is 5.69 Å². The minimum Gasteiger partial charge on any atom is -0.493 e. The van der Waals surface area contributed by atoms with E-state index in [-0.39, 0.29) is 17.6 Å². The number of carbonyl (C=O) groups excluding carboxylic acids is 2. The molecule has 1 aromatic heterocycles. The molecule has 0 fully saturated rings. The summed E-state index contributed by atoms with van der Waals surface area (Å²) in [5, 5.41) is 4.61. The van der Waals surface area contributed by atoms with Crippen LogP contribution in [-0.2, 0) is 9.59 Å². The topological polar surface area (TPSA) is 77.5 Å². The van der Waals surface area contributed by atoms with Gasteiger partial charge in [0.05, 0.1) is 12.6 Å². The number of hydrogen-bond acceptors (Lipinski definition) is 6. The molecule has 0 amide bonds. The molecule has 1 aliphatic carbocycles. The number of anilines is 1. The van der Waals surface area contributed by atoms with Gasteiger partial charge in [-0.3, -0.25) is 14.6 Å². The molecule has 6 nitrogen and oxygen atoms in total. The number of ketones is 1. The van der Waals surface area contributed by atoms with Crippen LogP contribution < -0.4 is 14.8 Å². The first-order valence-corrected chi connectivity index (χ1v) is 12.4. The van der Waals surface area contributed by atoms with Crippen molar-refractivity contribution < 1.29 is 19.1 Å². The first-order chi connectivity index (χ1) is 18.0. The van der Waals surface area contributed by atoms with Gasteiger partial charge in [0.2, 0.25) is 0 Å². The van der Waals surface area contributed by atoms with Crippen LogP contribution in [0.3, 0.4) is 0 Å². The largest absolute Gasteiger partial charge is 0.493 e. The van der Waals surface area contributed by atoms with Gasteiger partial charge in [0.1, 0.15) is 0 Å². The van der Waals surface area contributed by atoms with Gasteiger partial charge in [-0.05, 0) is 59.4 Å². The van der Waals surface area contributed by atoms with Gasteiger partial charge in [0.15, 0.2) is 17.3 Å². The van der Waals surface area contributed by atoms with E-state index in [2.05, 4.69) is 22.4 Å². The van der Waals surface area contributed by atoms with Crippen LogP contribution in [0.1, 0.15) is 48.3 Å². The molecule has 0 saturated carbocycles. The summed E-state index contributed by atoms with van der Waals surface area (Å²) in [5.74, 6) is 0.297. The zero-order chi connectivity index (χ0) is 25.5. The molecule has 4 aromatic rings. The van der Waals surface area contributed by atoms with E-state index in [1.807, 2.05) is 54.6 Å². The molecule has 2 aliphatic rings. The number of nitrogens with one attached hydrogen (secondary N) is 1. The maximum Gasteiger partial charge on any atom is 0.308 e. The average molecular weight is 491 g/mol. The Morgan fingerprint density at radius 1 is 0.946 bits per heavy atom. The third-order valence-corrected chi connectivity index (χ3v) is 7.24. The number of nitrogens with zero attached hydrogens (tertiary/aromatic N) is 1. The van der Waals surface area contributed by atoms with E-state index in [0.29, 0.717) is 17.9 Å². The van der Waals surface area contributed by atoms with Crippen molar-refractivity contribution in [1.82, 2.24) is 4.98 Å². The second-order valence-electron chi connectivity index (χ2n) is 9.49. The van der Waals surface area contributed by atoms with Crippen LogP contribution in [0.15, 0.2) is 90.3 Å². The molecule has 184 valence electrons. The summed E-state index contributed by atoms with van der Waals surface area (Å²) >= 11 is 0. The summed E-state index contributed by atoms with van der Waals surface area (Å²) in [6, 6.07) is 23.8. The Hall–Kier alpha value is -4.45. The van der Waals surface area contributed by atoms with Crippen molar-refractivity contribution in [2.45, 2.75) is 31.6 Å². The number of Topliss-reactive ketones (excluding diaryl/α,β-unsaturated/α-hetero) is 1. The Kier molecular flexibility index (Phi) is 5.72. The molecule has 0 bridgehead atoms. The average Bonchev–Trinajstić information content (AvgIpc) is 2.92. The Bertz CT molecular complexity index is 1580. The summed E-state index contributed by atoms with van der Waals surface area (Å²) in [4.78, 5) is 30.1. The lowest BCUT2D eigenvalue weighted by atomic mass is 9.71. The van der Waals surface area contributed by atoms with Gasteiger partial charge >= 0.3 is 5.97 Å². The summed E-state index contributed by atoms with van der Waals surface area (Å²) in [6.07, 6.45) is 2.97. The van der Waals surface area contributed by atoms with E-state index in [1.54, 1.807) is 19.4 Å². The summed E-state index contributed by atoms with van der Waals surface area (Å²) in [5.41, 5.74) is 6.64. The fraction of sp³-hybridized carbons (Fsp3) is 0.194. The minimum absolute atomic E-state index is 0.116. The summed E-state index contributed by atoms with van der Waals surface area (Å²) in [7, 11) is 1.54. The Morgan fingerprint density at radius 2 is 1.78 bits per heavy atom. The fourth-order valence-electron chi connectivity index (χ4n) is 5.68. The van der Waals surface area contributed by atoms with E-state index in [9.17, 15) is 9.59 Å². The molecule has 6 rings (SSSR count). The maximum absolute atomic E-state index is 13.9. The number of pyridine rings is 1. The number of esters is 1. The van der Waals surface area contributed by atoms with Crippen LogP contribution in [0, 0.1) is 0 Å². The van der Waals surface area contributed by atoms with Crippen LogP contribution in [0.25, 0.3) is 10.9 Å². The number of carbonyl (C=O) groups is 2. The zero-order valence-corrected chi connectivity index (χ0v) is 20.7. The fourth-order valence-corrected chi connectivity index (χ4v) is 5.68. The number of ether oxygens (including phenoxy) is 2. The van der Waals surface area contributed by atoms with E-state index in [1.165, 1.54) is 12.5 Å². The van der Waals surface area contributed by atoms with Crippen molar-refractivity contribution in [2.24, 2.45) is 0 Å². The molecule has 1 aliphatic heterocycles. The molecule has 0 radical (unpaired) electrons. The van der Waals surface area contributed by atoms with E-state index >= 15 is 0 Å². The minimum atomic E-state index is -0.422. The van der Waals surface area contributed by atoms with Crippen LogP contribution in [0.2, 0.25) is 0 Å². The van der Waals surface area contributed by atoms with Crippen molar-refractivity contribution in [1.29, 1.82) is 0 Å². The van der Waals surface area contributed by atoms with Gasteiger partial charge < -0.3 is 14.8 Å². The highest BCUT2D eigenvalue weighted by Gasteiger charge is 2.39. The van der Waals surface area contributed by atoms with Gasteiger partial charge in [-0.25, -0.2) is 0 Å². The lowest BCUT2D eigenvalue weighted by Gasteiger charge is -2.37. The van der Waals surface area contributed by atoms with Crippen molar-refractivity contribution >= 4 is 28.3 Å². The molecule has 3 aromatic carbocycles. The van der Waals surface area contributed by atoms with Gasteiger partial charge in [0.25, 0.3) is 0 Å². The number of methoxy groups -OCH3 is 1. The van der Waals surface area contributed by atoms with Crippen molar-refractivity contribution in [3.05, 3.63) is 107 Å². The molecule has 0 saturated heterocycles. The molecule has 0 unspecified atom stereocenters. The lowest BCUT2D eigenvalue weighted by molar-refractivity contribution is -0.132. The number of hydrogen-bond donors (Lipinski definition) is 1. The number of fused-ring (bicyclic) bond motifs is 3. The highest BCUT2D eigenvalue weighted by Crippen LogP contribution is 2.50. The number of allylic oxidation sites excluding steroid dienone is 2. The molecule has 2 heterocycles. The van der Waals surface area contributed by atoms with Crippen LogP contribution in [-0.4, -0.2) is 23.8 Å². The third kappa shape index (κ3) is 4.04. The first kappa shape index (κ1) is 23.0. The van der Waals surface area contributed by atoms with E-state index in [4.69, 9.17) is 9.47 Å². The standard InChI is InChI=1S/C31H26N2O4/c1-18(34)37-27-13-10-20(17-28(27)36-2)29-30-22-9-6-14-32-23(22)11-12-24(30)33-25-15-21(16-26(35)31(25)29)19-7-4-3-5-8-19/h3-14,17,21,29,33H,15-16H2,1-2H3/t21-,29+/m0/s1. The Labute approximate surface area is 214 Å².